The number of aliphatic hydroxyl groups excluding tert-OH is 1. The number of nitrogens with two attached hydrogens (primary N) is 1. The number of imidazole rings is 1. The summed E-state index contributed by atoms with van der Waals surface area (Å²) >= 11 is 6.61. The normalized spacial score (nSPS) is 25.8. The number of carbonyl (C=O) groups is 1. The minimum atomic E-state index is -0.306. The van der Waals surface area contributed by atoms with Crippen molar-refractivity contribution >= 4 is 34.4 Å². The number of rotatable bonds is 8. The van der Waals surface area contributed by atoms with Crippen molar-refractivity contribution in [1.82, 2.24) is 19.9 Å². The molecule has 3 aromatic rings. The zero-order chi connectivity index (χ0) is 27.3. The SMILES string of the molecule is COc1cc(C2CCN(C[C@@H](C)O)CC2)ccc1-c1nc2c(N[C@H]3[C@@H](C(N)=O)[C@@H]4C=C[C@H]3C4)c(Cl)cnc2[nH]1. The molecule has 10 heteroatoms. The number of carbonyl (C=O) groups excluding carboxylic acids is 1. The molecule has 1 aromatic carbocycles. The maximum atomic E-state index is 12.3. The third-order valence-electron chi connectivity index (χ3n) is 8.63. The van der Waals surface area contributed by atoms with Crippen molar-refractivity contribution < 1.29 is 14.6 Å². The minimum Gasteiger partial charge on any atom is -0.496 e. The van der Waals surface area contributed by atoms with Crippen molar-refractivity contribution in [3.8, 4) is 17.1 Å². The highest BCUT2D eigenvalue weighted by Crippen LogP contribution is 2.46. The fourth-order valence-electron chi connectivity index (χ4n) is 6.75. The quantitative estimate of drug-likeness (QED) is 0.313. The maximum absolute atomic E-state index is 12.3. The summed E-state index contributed by atoms with van der Waals surface area (Å²) in [5.41, 5.74) is 9.73. The molecule has 9 nitrogen and oxygen atoms in total. The highest BCUT2D eigenvalue weighted by atomic mass is 35.5. The van der Waals surface area contributed by atoms with Gasteiger partial charge in [0.15, 0.2) is 5.65 Å². The zero-order valence-electron chi connectivity index (χ0n) is 22.2. The number of likely N-dealkylation sites (tertiary alicyclic amines) is 1. The summed E-state index contributed by atoms with van der Waals surface area (Å²) in [4.78, 5) is 27.3. The Morgan fingerprint density at radius 1 is 1.31 bits per heavy atom. The number of pyridine rings is 1. The van der Waals surface area contributed by atoms with Crippen LogP contribution in [0.5, 0.6) is 5.75 Å². The maximum Gasteiger partial charge on any atom is 0.223 e. The van der Waals surface area contributed by atoms with Crippen molar-refractivity contribution in [2.24, 2.45) is 23.5 Å². The van der Waals surface area contributed by atoms with Crippen molar-refractivity contribution in [3.05, 3.63) is 47.1 Å². The molecule has 6 rings (SSSR count). The average Bonchev–Trinajstić information content (AvgIpc) is 3.65. The van der Waals surface area contributed by atoms with Crippen LogP contribution in [0.15, 0.2) is 36.5 Å². The van der Waals surface area contributed by atoms with Gasteiger partial charge in [-0.25, -0.2) is 9.97 Å². The molecular weight excluding hydrogens is 516 g/mol. The van der Waals surface area contributed by atoms with E-state index in [1.165, 1.54) is 5.56 Å². The molecule has 2 aromatic heterocycles. The molecule has 3 aliphatic rings. The van der Waals surface area contributed by atoms with Gasteiger partial charge < -0.3 is 30.8 Å². The average molecular weight is 551 g/mol. The van der Waals surface area contributed by atoms with Crippen LogP contribution in [-0.2, 0) is 4.79 Å². The molecule has 5 N–H and O–H groups in total. The van der Waals surface area contributed by atoms with Gasteiger partial charge in [0.05, 0.1) is 41.6 Å². The van der Waals surface area contributed by atoms with Crippen molar-refractivity contribution in [2.75, 3.05) is 32.1 Å². The monoisotopic (exact) mass is 550 g/mol. The Labute approximate surface area is 232 Å². The van der Waals surface area contributed by atoms with Gasteiger partial charge in [-0.3, -0.25) is 4.79 Å². The molecule has 2 bridgehead atoms. The van der Waals surface area contributed by atoms with E-state index in [1.54, 1.807) is 13.3 Å². The lowest BCUT2D eigenvalue weighted by atomic mass is 9.88. The number of β-amino-alcohol motifs (C(OH)–C–C–N with tert-alkyl or cyclic N) is 1. The number of nitrogens with zero attached hydrogens (tertiary/aromatic N) is 3. The number of ether oxygens (including phenoxy) is 1. The summed E-state index contributed by atoms with van der Waals surface area (Å²) in [6, 6.07) is 6.17. The molecule has 39 heavy (non-hydrogen) atoms. The van der Waals surface area contributed by atoms with Gasteiger partial charge in [0.1, 0.15) is 17.1 Å². The van der Waals surface area contributed by atoms with E-state index in [4.69, 9.17) is 27.1 Å². The number of primary amides is 1. The lowest BCUT2D eigenvalue weighted by Gasteiger charge is -2.33. The summed E-state index contributed by atoms with van der Waals surface area (Å²) in [6.07, 6.45) is 8.55. The summed E-state index contributed by atoms with van der Waals surface area (Å²) in [5, 5.41) is 13.7. The number of aromatic nitrogens is 3. The number of methoxy groups -OCH3 is 1. The molecule has 0 radical (unpaired) electrons. The highest BCUT2D eigenvalue weighted by Gasteiger charge is 2.47. The fraction of sp³-hybridized carbons (Fsp3) is 0.483. The van der Waals surface area contributed by atoms with Gasteiger partial charge in [0.2, 0.25) is 5.91 Å². The minimum absolute atomic E-state index is 0.137. The van der Waals surface area contributed by atoms with Crippen molar-refractivity contribution in [3.63, 3.8) is 0 Å². The number of anilines is 1. The van der Waals surface area contributed by atoms with Gasteiger partial charge >= 0.3 is 0 Å². The van der Waals surface area contributed by atoms with Gasteiger partial charge in [0.25, 0.3) is 0 Å². The molecule has 206 valence electrons. The van der Waals surface area contributed by atoms with E-state index in [1.807, 2.05) is 13.0 Å². The van der Waals surface area contributed by atoms with Crippen LogP contribution in [0, 0.1) is 17.8 Å². The molecule has 1 amide bonds. The first kappa shape index (κ1) is 26.1. The highest BCUT2D eigenvalue weighted by molar-refractivity contribution is 6.34. The Kier molecular flexibility index (Phi) is 6.99. The first-order chi connectivity index (χ1) is 18.8. The third-order valence-corrected chi connectivity index (χ3v) is 8.91. The summed E-state index contributed by atoms with van der Waals surface area (Å²) in [6.45, 7) is 4.50. The summed E-state index contributed by atoms with van der Waals surface area (Å²) in [5.74, 6) is 1.61. The summed E-state index contributed by atoms with van der Waals surface area (Å²) < 4.78 is 5.81. The largest absolute Gasteiger partial charge is 0.496 e. The van der Waals surface area contributed by atoms with Crippen LogP contribution in [0.4, 0.5) is 5.69 Å². The molecule has 3 heterocycles. The van der Waals surface area contributed by atoms with Crippen LogP contribution in [0.2, 0.25) is 5.02 Å². The van der Waals surface area contributed by atoms with Gasteiger partial charge in [-0.2, -0.15) is 0 Å². The van der Waals surface area contributed by atoms with Crippen LogP contribution in [0.1, 0.15) is 37.7 Å². The van der Waals surface area contributed by atoms with E-state index in [-0.39, 0.29) is 35.8 Å². The third kappa shape index (κ3) is 4.88. The van der Waals surface area contributed by atoms with Crippen molar-refractivity contribution in [1.29, 1.82) is 0 Å². The standard InChI is InChI=1S/C29H35ClN6O3/c1-15(37)14-36-9-7-16(8-10-36)17-5-6-20(22(12-17)39-2)28-34-26-25(21(30)13-32-29(26)35-28)33-24-19-4-3-18(11-19)23(24)27(31)38/h3-6,12-13,15-16,18-19,23-24,37H,7-11,14H2,1-2H3,(H2,31,38)(H2,32,33,34,35)/t15-,18-,19+,23+,24-/m1/s1. The summed E-state index contributed by atoms with van der Waals surface area (Å²) in [7, 11) is 1.67. The second-order valence-corrected chi connectivity index (χ2v) is 11.6. The van der Waals surface area contributed by atoms with Gasteiger partial charge in [-0.05, 0) is 74.7 Å². The first-order valence-corrected chi connectivity index (χ1v) is 14.1. The number of amides is 1. The molecule has 0 unspecified atom stereocenters. The van der Waals surface area contributed by atoms with Crippen LogP contribution < -0.4 is 15.8 Å². The number of allylic oxidation sites excluding steroid dienone is 1. The van der Waals surface area contributed by atoms with E-state index >= 15 is 0 Å². The second kappa shape index (κ2) is 10.4. The molecule has 2 fully saturated rings. The van der Waals surface area contributed by atoms with E-state index in [9.17, 15) is 9.90 Å². The van der Waals surface area contributed by atoms with Crippen LogP contribution in [0.25, 0.3) is 22.6 Å². The van der Waals surface area contributed by atoms with Gasteiger partial charge in [-0.1, -0.05) is 29.8 Å². The Morgan fingerprint density at radius 3 is 2.79 bits per heavy atom. The topological polar surface area (TPSA) is 129 Å². The van der Waals surface area contributed by atoms with Gasteiger partial charge in [0, 0.05) is 12.6 Å². The first-order valence-electron chi connectivity index (χ1n) is 13.7. The number of benzene rings is 1. The molecule has 1 saturated carbocycles. The van der Waals surface area contributed by atoms with Crippen LogP contribution >= 0.6 is 11.6 Å². The smallest absolute Gasteiger partial charge is 0.223 e. The Hall–Kier alpha value is -3.14. The Balaban J connectivity index is 1.27. The lowest BCUT2D eigenvalue weighted by Crippen LogP contribution is -2.41. The second-order valence-electron chi connectivity index (χ2n) is 11.2. The molecule has 2 aliphatic carbocycles. The van der Waals surface area contributed by atoms with E-state index in [0.29, 0.717) is 33.6 Å². The van der Waals surface area contributed by atoms with Gasteiger partial charge in [-0.15, -0.1) is 0 Å². The molecule has 1 aliphatic heterocycles. The number of halogens is 1. The van der Waals surface area contributed by atoms with E-state index in [0.717, 1.165) is 50.2 Å². The number of hydrogen-bond acceptors (Lipinski definition) is 7. The number of aromatic amines is 1. The Morgan fingerprint density at radius 2 is 2.08 bits per heavy atom. The predicted octanol–water partition coefficient (Wildman–Crippen LogP) is 3.94. The molecule has 5 atom stereocenters. The van der Waals surface area contributed by atoms with Crippen LogP contribution in [-0.4, -0.2) is 69.8 Å². The fourth-order valence-corrected chi connectivity index (χ4v) is 6.94. The van der Waals surface area contributed by atoms with E-state index < -0.39 is 0 Å². The van der Waals surface area contributed by atoms with E-state index in [2.05, 4.69) is 44.5 Å². The zero-order valence-corrected chi connectivity index (χ0v) is 23.0. The number of nitrogens with one attached hydrogen (secondary N) is 2. The number of H-pyrrole nitrogens is 1. The molecular formula is C29H35ClN6O3. The number of aliphatic hydroxyl groups is 1. The number of hydrogen-bond donors (Lipinski definition) is 4. The predicted molar refractivity (Wildman–Crippen MR) is 152 cm³/mol. The van der Waals surface area contributed by atoms with Crippen molar-refractivity contribution in [2.45, 2.75) is 44.2 Å². The lowest BCUT2D eigenvalue weighted by molar-refractivity contribution is -0.122. The number of fused-ring (bicyclic) bond motifs is 3. The number of piperidine rings is 1. The molecule has 0 spiro atoms. The molecule has 1 saturated heterocycles. The van der Waals surface area contributed by atoms with Crippen LogP contribution in [0.3, 0.4) is 0 Å². The Bertz CT molecular complexity index is 1410.